The Morgan fingerprint density at radius 2 is 1.30 bits per heavy atom. The van der Waals surface area contributed by atoms with E-state index in [2.05, 4.69) is 41.5 Å². The van der Waals surface area contributed by atoms with Crippen molar-refractivity contribution in [1.82, 2.24) is 0 Å². The summed E-state index contributed by atoms with van der Waals surface area (Å²) >= 11 is 0. The van der Waals surface area contributed by atoms with Crippen molar-refractivity contribution in [2.75, 3.05) is 0 Å². The van der Waals surface area contributed by atoms with Crippen molar-refractivity contribution in [3.63, 3.8) is 0 Å². The molecular formula is C9H19Y-. The fraction of sp³-hybridized carbons (Fsp3) is 0.889. The number of rotatable bonds is 1. The van der Waals surface area contributed by atoms with Crippen LogP contribution in [0.3, 0.4) is 0 Å². The second-order valence-corrected chi connectivity index (χ2v) is 4.90. The van der Waals surface area contributed by atoms with Crippen LogP contribution in [0.2, 0.25) is 0 Å². The van der Waals surface area contributed by atoms with E-state index in [0.717, 1.165) is 0 Å². The third-order valence-electron chi connectivity index (χ3n) is 1.01. The van der Waals surface area contributed by atoms with Crippen LogP contribution < -0.4 is 0 Å². The first kappa shape index (κ1) is 13.7. The molecule has 0 fully saturated rings. The van der Waals surface area contributed by atoms with Crippen molar-refractivity contribution < 1.29 is 32.7 Å². The molecule has 0 aliphatic carbocycles. The first-order chi connectivity index (χ1) is 3.71. The molecule has 0 N–H and O–H groups in total. The van der Waals surface area contributed by atoms with Gasteiger partial charge in [-0.25, -0.2) is 0 Å². The van der Waals surface area contributed by atoms with Gasteiger partial charge in [0, 0.05) is 32.7 Å². The van der Waals surface area contributed by atoms with Gasteiger partial charge in [0.2, 0.25) is 0 Å². The van der Waals surface area contributed by atoms with Crippen LogP contribution in [-0.4, -0.2) is 0 Å². The van der Waals surface area contributed by atoms with E-state index in [1.807, 2.05) is 0 Å². The van der Waals surface area contributed by atoms with Gasteiger partial charge in [0.25, 0.3) is 0 Å². The van der Waals surface area contributed by atoms with Crippen LogP contribution in [0.4, 0.5) is 0 Å². The summed E-state index contributed by atoms with van der Waals surface area (Å²) in [5, 5.41) is 0. The first-order valence-electron chi connectivity index (χ1n) is 3.56. The van der Waals surface area contributed by atoms with Crippen LogP contribution in [0.25, 0.3) is 0 Å². The standard InChI is InChI=1S/C9H19.Y/c1-8(2,3)7-9(4,5)6;/h1,7H2,2-6H3;/q-1;. The van der Waals surface area contributed by atoms with Crippen LogP contribution >= 0.6 is 0 Å². The van der Waals surface area contributed by atoms with Crippen molar-refractivity contribution in [1.29, 1.82) is 0 Å². The largest absolute Gasteiger partial charge is 0.338 e. The van der Waals surface area contributed by atoms with E-state index in [4.69, 9.17) is 0 Å². The zero-order chi connectivity index (χ0) is 7.71. The third-order valence-corrected chi connectivity index (χ3v) is 1.01. The number of hydrogen-bond donors (Lipinski definition) is 0. The molecule has 10 heavy (non-hydrogen) atoms. The molecule has 0 aromatic rings. The predicted octanol–water partition coefficient (Wildman–Crippen LogP) is 3.28. The average molecular weight is 216 g/mol. The van der Waals surface area contributed by atoms with Gasteiger partial charge < -0.3 is 6.92 Å². The van der Waals surface area contributed by atoms with Crippen molar-refractivity contribution in [2.45, 2.75) is 41.0 Å². The normalized spacial score (nSPS) is 12.6. The van der Waals surface area contributed by atoms with Crippen molar-refractivity contribution in [3.05, 3.63) is 6.92 Å². The maximum absolute atomic E-state index is 4.06. The molecule has 1 heteroatoms. The van der Waals surface area contributed by atoms with Gasteiger partial charge in [-0.2, -0.15) is 5.41 Å². The average Bonchev–Trinajstić information content (AvgIpc) is 1.14. The van der Waals surface area contributed by atoms with Crippen molar-refractivity contribution in [3.8, 4) is 0 Å². The second kappa shape index (κ2) is 4.21. The molecule has 0 heterocycles. The van der Waals surface area contributed by atoms with E-state index in [-0.39, 0.29) is 38.1 Å². The van der Waals surface area contributed by atoms with Crippen molar-refractivity contribution >= 4 is 0 Å². The third kappa shape index (κ3) is 11.8. The molecule has 0 aromatic heterocycles. The molecular weight excluding hydrogens is 197 g/mol. The Kier molecular flexibility index (Phi) is 5.76. The smallest absolute Gasteiger partial charge is 0 e. The summed E-state index contributed by atoms with van der Waals surface area (Å²) in [6, 6.07) is 0. The molecule has 0 atom stereocenters. The van der Waals surface area contributed by atoms with Gasteiger partial charge in [0.15, 0.2) is 0 Å². The summed E-state index contributed by atoms with van der Waals surface area (Å²) < 4.78 is 0. The van der Waals surface area contributed by atoms with E-state index in [9.17, 15) is 0 Å². The Balaban J connectivity index is 0. The Morgan fingerprint density at radius 1 is 1.00 bits per heavy atom. The molecule has 59 valence electrons. The van der Waals surface area contributed by atoms with Crippen molar-refractivity contribution in [2.24, 2.45) is 10.8 Å². The Labute approximate surface area is 91.0 Å². The fourth-order valence-corrected chi connectivity index (χ4v) is 1.44. The van der Waals surface area contributed by atoms with E-state index in [1.165, 1.54) is 6.42 Å². The molecule has 0 aliphatic rings. The van der Waals surface area contributed by atoms with Gasteiger partial charge in [-0.1, -0.05) is 41.0 Å². The molecule has 0 saturated carbocycles. The molecule has 0 spiro atoms. The van der Waals surface area contributed by atoms with Crippen LogP contribution in [-0.2, 0) is 32.7 Å². The van der Waals surface area contributed by atoms with Crippen LogP contribution in [0, 0.1) is 17.8 Å². The summed E-state index contributed by atoms with van der Waals surface area (Å²) in [5.74, 6) is 0. The minimum atomic E-state index is 0. The summed E-state index contributed by atoms with van der Waals surface area (Å²) in [5.41, 5.74) is 0.656. The quantitative estimate of drug-likeness (QED) is 0.590. The topological polar surface area (TPSA) is 0 Å². The molecule has 0 aromatic carbocycles. The fourth-order valence-electron chi connectivity index (χ4n) is 1.44. The van der Waals surface area contributed by atoms with Gasteiger partial charge in [-0.3, -0.25) is 0 Å². The van der Waals surface area contributed by atoms with Gasteiger partial charge in [0.05, 0.1) is 0 Å². The molecule has 0 saturated heterocycles. The summed E-state index contributed by atoms with van der Waals surface area (Å²) in [6.45, 7) is 15.2. The minimum Gasteiger partial charge on any atom is -0.338 e. The zero-order valence-corrected chi connectivity index (χ0v) is 10.8. The van der Waals surface area contributed by atoms with Crippen LogP contribution in [0.1, 0.15) is 41.0 Å². The SMILES string of the molecule is [CH2-]C(C)(C)CC(C)(C)C.[Y]. The molecule has 0 nitrogen and oxygen atoms in total. The minimum absolute atomic E-state index is 0. The molecule has 0 aliphatic heterocycles. The monoisotopic (exact) mass is 216 g/mol. The van der Waals surface area contributed by atoms with Crippen LogP contribution in [0.15, 0.2) is 0 Å². The van der Waals surface area contributed by atoms with Gasteiger partial charge in [-0.15, -0.1) is 0 Å². The molecule has 0 unspecified atom stereocenters. The maximum Gasteiger partial charge on any atom is 0 e. The van der Waals surface area contributed by atoms with E-state index >= 15 is 0 Å². The predicted molar refractivity (Wildman–Crippen MR) is 43.2 cm³/mol. The second-order valence-electron chi connectivity index (χ2n) is 4.90. The maximum atomic E-state index is 4.06. The summed E-state index contributed by atoms with van der Waals surface area (Å²) in [4.78, 5) is 0. The number of hydrogen-bond acceptors (Lipinski definition) is 0. The van der Waals surface area contributed by atoms with Gasteiger partial charge in [-0.05, 0) is 5.41 Å². The molecule has 0 amide bonds. The summed E-state index contributed by atoms with van der Waals surface area (Å²) in [7, 11) is 0. The van der Waals surface area contributed by atoms with E-state index in [0.29, 0.717) is 5.41 Å². The summed E-state index contributed by atoms with van der Waals surface area (Å²) in [6.07, 6.45) is 1.18. The Bertz CT molecular complexity index is 69.9. The molecule has 0 bridgehead atoms. The molecule has 1 radical (unpaired) electrons. The Morgan fingerprint density at radius 3 is 1.30 bits per heavy atom. The van der Waals surface area contributed by atoms with E-state index in [1.54, 1.807) is 0 Å². The zero-order valence-electron chi connectivity index (χ0n) is 7.99. The Hall–Kier alpha value is 1.10. The van der Waals surface area contributed by atoms with Gasteiger partial charge in [0.1, 0.15) is 0 Å². The van der Waals surface area contributed by atoms with Gasteiger partial charge >= 0.3 is 0 Å². The first-order valence-corrected chi connectivity index (χ1v) is 3.56. The van der Waals surface area contributed by atoms with Crippen LogP contribution in [0.5, 0.6) is 0 Å². The van der Waals surface area contributed by atoms with E-state index < -0.39 is 0 Å². The molecule has 0 rings (SSSR count).